The van der Waals surface area contributed by atoms with Crippen molar-refractivity contribution in [3.05, 3.63) is 35.4 Å². The fourth-order valence-electron chi connectivity index (χ4n) is 4.57. The van der Waals surface area contributed by atoms with Crippen LogP contribution >= 0.6 is 0 Å². The van der Waals surface area contributed by atoms with Gasteiger partial charge in [-0.25, -0.2) is 4.79 Å². The van der Waals surface area contributed by atoms with Crippen LogP contribution in [0.2, 0.25) is 0 Å². The SMILES string of the molecule is CC(C)Cc1ccc([C@H](C)NC(=O)CN2C(=O)N[C@]3(CCCC[C@H]3C)C2=O)cc1. The lowest BCUT2D eigenvalue weighted by atomic mass is 9.73. The summed E-state index contributed by atoms with van der Waals surface area (Å²) in [5.74, 6) is 0.102. The van der Waals surface area contributed by atoms with Crippen molar-refractivity contribution in [2.24, 2.45) is 11.8 Å². The molecule has 1 aromatic rings. The molecule has 3 rings (SSSR count). The van der Waals surface area contributed by atoms with Gasteiger partial charge in [-0.1, -0.05) is 57.9 Å². The Morgan fingerprint density at radius 3 is 2.52 bits per heavy atom. The maximum atomic E-state index is 13.0. The standard InChI is InChI=1S/C23H33N3O3/c1-15(2)13-18-8-10-19(11-9-18)17(4)24-20(27)14-26-21(28)23(25-22(26)29)12-6-5-7-16(23)3/h8-11,15-17H,5-7,12-14H2,1-4H3,(H,24,27)(H,25,29)/t16-,17+,23+/m1/s1. The minimum Gasteiger partial charge on any atom is -0.348 e. The number of rotatable bonds is 6. The van der Waals surface area contributed by atoms with Crippen LogP contribution in [0.4, 0.5) is 4.79 Å². The summed E-state index contributed by atoms with van der Waals surface area (Å²) in [5, 5.41) is 5.80. The van der Waals surface area contributed by atoms with Crippen LogP contribution in [0.5, 0.6) is 0 Å². The number of hydrogen-bond acceptors (Lipinski definition) is 3. The van der Waals surface area contributed by atoms with E-state index in [4.69, 9.17) is 0 Å². The number of hydrogen-bond donors (Lipinski definition) is 2. The third kappa shape index (κ3) is 4.46. The Labute approximate surface area is 173 Å². The monoisotopic (exact) mass is 399 g/mol. The number of carbonyl (C=O) groups is 3. The van der Waals surface area contributed by atoms with Crippen molar-refractivity contribution in [3.63, 3.8) is 0 Å². The van der Waals surface area contributed by atoms with Crippen molar-refractivity contribution in [1.82, 2.24) is 15.5 Å². The van der Waals surface area contributed by atoms with Crippen molar-refractivity contribution in [3.8, 4) is 0 Å². The van der Waals surface area contributed by atoms with E-state index in [0.29, 0.717) is 12.3 Å². The van der Waals surface area contributed by atoms with Gasteiger partial charge in [0.2, 0.25) is 5.91 Å². The van der Waals surface area contributed by atoms with E-state index in [-0.39, 0.29) is 30.3 Å². The molecule has 1 saturated heterocycles. The van der Waals surface area contributed by atoms with Crippen LogP contribution in [0.25, 0.3) is 0 Å². The largest absolute Gasteiger partial charge is 0.348 e. The van der Waals surface area contributed by atoms with Gasteiger partial charge in [0.05, 0.1) is 6.04 Å². The van der Waals surface area contributed by atoms with Gasteiger partial charge in [-0.2, -0.15) is 0 Å². The van der Waals surface area contributed by atoms with Crippen molar-refractivity contribution in [2.45, 2.75) is 71.4 Å². The maximum Gasteiger partial charge on any atom is 0.325 e. The molecule has 29 heavy (non-hydrogen) atoms. The Morgan fingerprint density at radius 1 is 1.21 bits per heavy atom. The molecule has 1 heterocycles. The Kier molecular flexibility index (Phi) is 6.30. The molecule has 2 fully saturated rings. The molecule has 0 aromatic heterocycles. The Morgan fingerprint density at radius 2 is 1.90 bits per heavy atom. The lowest BCUT2D eigenvalue weighted by molar-refractivity contribution is -0.137. The topological polar surface area (TPSA) is 78.5 Å². The molecular formula is C23H33N3O3. The molecule has 1 aliphatic heterocycles. The Hall–Kier alpha value is -2.37. The van der Waals surface area contributed by atoms with E-state index < -0.39 is 11.6 Å². The van der Waals surface area contributed by atoms with Crippen molar-refractivity contribution in [1.29, 1.82) is 0 Å². The molecule has 2 N–H and O–H groups in total. The third-order valence-corrected chi connectivity index (χ3v) is 6.30. The molecule has 6 nitrogen and oxygen atoms in total. The van der Waals surface area contributed by atoms with E-state index in [1.807, 2.05) is 26.0 Å². The third-order valence-electron chi connectivity index (χ3n) is 6.30. The molecule has 3 atom stereocenters. The van der Waals surface area contributed by atoms with E-state index in [0.717, 1.165) is 36.1 Å². The number of amides is 4. The number of imide groups is 1. The summed E-state index contributed by atoms with van der Waals surface area (Å²) in [6.07, 6.45) is 4.57. The molecule has 4 amide bonds. The summed E-state index contributed by atoms with van der Waals surface area (Å²) in [6, 6.07) is 7.57. The van der Waals surface area contributed by atoms with Gasteiger partial charge in [0.1, 0.15) is 12.1 Å². The van der Waals surface area contributed by atoms with Gasteiger partial charge in [0, 0.05) is 0 Å². The minimum atomic E-state index is -0.826. The van der Waals surface area contributed by atoms with Gasteiger partial charge < -0.3 is 10.6 Å². The first kappa shape index (κ1) is 21.3. The van der Waals surface area contributed by atoms with Crippen LogP contribution < -0.4 is 10.6 Å². The fraction of sp³-hybridized carbons (Fsp3) is 0.609. The molecule has 1 spiro atoms. The number of urea groups is 1. The average Bonchev–Trinajstić information content (AvgIpc) is 2.89. The van der Waals surface area contributed by atoms with E-state index in [9.17, 15) is 14.4 Å². The normalized spacial score (nSPS) is 25.4. The second kappa shape index (κ2) is 8.56. The maximum absolute atomic E-state index is 13.0. The summed E-state index contributed by atoms with van der Waals surface area (Å²) in [7, 11) is 0. The second-order valence-corrected chi connectivity index (χ2v) is 9.07. The highest BCUT2D eigenvalue weighted by Gasteiger charge is 2.55. The number of benzene rings is 1. The summed E-state index contributed by atoms with van der Waals surface area (Å²) in [4.78, 5) is 39.0. The van der Waals surface area contributed by atoms with Crippen LogP contribution in [0, 0.1) is 11.8 Å². The minimum absolute atomic E-state index is 0.0871. The highest BCUT2D eigenvalue weighted by atomic mass is 16.2. The van der Waals surface area contributed by atoms with Gasteiger partial charge in [0.15, 0.2) is 0 Å². The van der Waals surface area contributed by atoms with Crippen molar-refractivity contribution >= 4 is 17.8 Å². The van der Waals surface area contributed by atoms with E-state index in [1.54, 1.807) is 0 Å². The molecule has 1 aliphatic carbocycles. The smallest absolute Gasteiger partial charge is 0.325 e. The van der Waals surface area contributed by atoms with Crippen LogP contribution in [-0.4, -0.2) is 34.8 Å². The summed E-state index contributed by atoms with van der Waals surface area (Å²) in [6.45, 7) is 8.04. The zero-order chi connectivity index (χ0) is 21.2. The van der Waals surface area contributed by atoms with Gasteiger partial charge in [-0.3, -0.25) is 14.5 Å². The number of nitrogens with zero attached hydrogens (tertiary/aromatic N) is 1. The molecule has 2 aliphatic rings. The van der Waals surface area contributed by atoms with E-state index >= 15 is 0 Å². The molecular weight excluding hydrogens is 366 g/mol. The Balaban J connectivity index is 1.60. The van der Waals surface area contributed by atoms with Crippen LogP contribution in [0.3, 0.4) is 0 Å². The van der Waals surface area contributed by atoms with Gasteiger partial charge in [0.25, 0.3) is 5.91 Å². The second-order valence-electron chi connectivity index (χ2n) is 9.07. The van der Waals surface area contributed by atoms with E-state index in [1.165, 1.54) is 5.56 Å². The summed E-state index contributed by atoms with van der Waals surface area (Å²) in [5.41, 5.74) is 1.45. The van der Waals surface area contributed by atoms with Gasteiger partial charge in [-0.05, 0) is 49.1 Å². The van der Waals surface area contributed by atoms with E-state index in [2.05, 4.69) is 36.6 Å². The van der Waals surface area contributed by atoms with Crippen molar-refractivity contribution in [2.75, 3.05) is 6.54 Å². The summed E-state index contributed by atoms with van der Waals surface area (Å²) < 4.78 is 0. The lowest BCUT2D eigenvalue weighted by Gasteiger charge is -2.36. The number of carbonyl (C=O) groups excluding carboxylic acids is 3. The fourth-order valence-corrected chi connectivity index (χ4v) is 4.57. The highest BCUT2D eigenvalue weighted by Crippen LogP contribution is 2.38. The molecule has 6 heteroatoms. The van der Waals surface area contributed by atoms with Crippen LogP contribution in [0.1, 0.15) is 70.5 Å². The quantitative estimate of drug-likeness (QED) is 0.718. The lowest BCUT2D eigenvalue weighted by Crippen LogP contribution is -2.54. The van der Waals surface area contributed by atoms with Crippen LogP contribution in [-0.2, 0) is 16.0 Å². The predicted molar refractivity (Wildman–Crippen MR) is 112 cm³/mol. The molecule has 0 unspecified atom stereocenters. The van der Waals surface area contributed by atoms with Crippen molar-refractivity contribution < 1.29 is 14.4 Å². The molecule has 1 saturated carbocycles. The first-order valence-corrected chi connectivity index (χ1v) is 10.7. The van der Waals surface area contributed by atoms with Crippen LogP contribution in [0.15, 0.2) is 24.3 Å². The first-order valence-electron chi connectivity index (χ1n) is 10.7. The Bertz CT molecular complexity index is 774. The zero-order valence-corrected chi connectivity index (χ0v) is 18.0. The molecule has 0 bridgehead atoms. The first-order chi connectivity index (χ1) is 13.7. The molecule has 0 radical (unpaired) electrons. The molecule has 1 aromatic carbocycles. The molecule has 158 valence electrons. The predicted octanol–water partition coefficient (Wildman–Crippen LogP) is 3.56. The zero-order valence-electron chi connectivity index (χ0n) is 18.0. The van der Waals surface area contributed by atoms with Gasteiger partial charge >= 0.3 is 6.03 Å². The number of nitrogens with one attached hydrogen (secondary N) is 2. The summed E-state index contributed by atoms with van der Waals surface area (Å²) >= 11 is 0. The average molecular weight is 400 g/mol. The highest BCUT2D eigenvalue weighted by molar-refractivity contribution is 6.09. The van der Waals surface area contributed by atoms with Gasteiger partial charge in [-0.15, -0.1) is 0 Å².